The third-order valence-electron chi connectivity index (χ3n) is 20.3. The summed E-state index contributed by atoms with van der Waals surface area (Å²) in [5, 5.41) is 17.1. The number of carbonyl (C=O) groups is 8. The summed E-state index contributed by atoms with van der Waals surface area (Å²) in [7, 11) is 1.57. The Morgan fingerprint density at radius 3 is 1.33 bits per heavy atom. The van der Waals surface area contributed by atoms with Crippen molar-refractivity contribution in [3.05, 3.63) is 167 Å². The van der Waals surface area contributed by atoms with Gasteiger partial charge in [-0.05, 0) is 115 Å². The summed E-state index contributed by atoms with van der Waals surface area (Å²) in [5.41, 5.74) is 15.2. The number of hydrogen-bond donors (Lipinski definition) is 4. The molecule has 110 heavy (non-hydrogen) atoms. The first-order valence-electron chi connectivity index (χ1n) is 38.0. The van der Waals surface area contributed by atoms with Crippen molar-refractivity contribution in [2.24, 2.45) is 0 Å². The van der Waals surface area contributed by atoms with Crippen LogP contribution in [0.25, 0.3) is 0 Å². The largest absolute Gasteiger partial charge is 1.00 e. The zero-order chi connectivity index (χ0) is 77.9. The number of esters is 4. The van der Waals surface area contributed by atoms with E-state index in [1.165, 1.54) is 67.8 Å². The van der Waals surface area contributed by atoms with Crippen LogP contribution in [0.4, 0.5) is 22.7 Å². The van der Waals surface area contributed by atoms with E-state index < -0.39 is 37.1 Å². The van der Waals surface area contributed by atoms with Crippen LogP contribution in [0.1, 0.15) is 182 Å². The third-order valence-corrected chi connectivity index (χ3v) is 20.3. The van der Waals surface area contributed by atoms with Crippen LogP contribution in [-0.2, 0) is 88.4 Å². The van der Waals surface area contributed by atoms with Crippen molar-refractivity contribution in [2.45, 2.75) is 194 Å². The number of amides is 3. The van der Waals surface area contributed by atoms with E-state index in [1.54, 1.807) is 7.05 Å². The number of carboxylic acid groups (broad SMARTS) is 1. The molecule has 0 aromatic heterocycles. The summed E-state index contributed by atoms with van der Waals surface area (Å²) >= 11 is 0. The number of allylic oxidation sites excluding steroid dienone is 8. The van der Waals surface area contributed by atoms with Crippen LogP contribution >= 0.6 is 0 Å². The van der Waals surface area contributed by atoms with Gasteiger partial charge < -0.3 is 107 Å². The van der Waals surface area contributed by atoms with Gasteiger partial charge in [0.25, 0.3) is 0 Å². The summed E-state index contributed by atoms with van der Waals surface area (Å²) < 4.78 is 34.0. The van der Waals surface area contributed by atoms with Crippen molar-refractivity contribution in [2.75, 3.05) is 95.9 Å². The number of likely N-dealkylation sites (N-methyl/N-ethyl adjacent to an activating group) is 2. The fraction of sp³-hybridized carbons (Fsp3) is 0.506. The molecule has 4 N–H and O–H groups in total. The van der Waals surface area contributed by atoms with Gasteiger partial charge in [-0.25, -0.2) is 19.2 Å². The van der Waals surface area contributed by atoms with E-state index in [1.807, 2.05) is 13.8 Å². The summed E-state index contributed by atoms with van der Waals surface area (Å²) in [6, 6.07) is 34.2. The number of nitrogens with zero attached hydrogens (tertiary/aromatic N) is 4. The molecule has 5 heterocycles. The van der Waals surface area contributed by atoms with Crippen LogP contribution in [0, 0.1) is 0 Å². The normalized spacial score (nSPS) is 17.0. The number of cyclic esters (lactones) is 2. The zero-order valence-electron chi connectivity index (χ0n) is 67.0. The van der Waals surface area contributed by atoms with Gasteiger partial charge >= 0.3 is 81.2 Å². The molecule has 5 aliphatic heterocycles. The van der Waals surface area contributed by atoms with Gasteiger partial charge in [0.05, 0.1) is 42.5 Å². The number of unbranched alkanes of at least 4 members (excludes halogenated alkanes) is 4. The number of fused-ring (bicyclic) bond motifs is 4. The molecule has 0 radical (unpaired) electrons. The first-order chi connectivity index (χ1) is 51.1. The fourth-order valence-corrected chi connectivity index (χ4v) is 14.4. The first kappa shape index (κ1) is 96.1. The van der Waals surface area contributed by atoms with E-state index in [2.05, 4.69) is 247 Å². The van der Waals surface area contributed by atoms with Gasteiger partial charge in [0.15, 0.2) is 11.4 Å². The number of ether oxygens (including phenoxy) is 6. The molecule has 4 aromatic rings. The van der Waals surface area contributed by atoms with Gasteiger partial charge in [0.2, 0.25) is 29.1 Å². The molecule has 5 aliphatic rings. The molecule has 0 bridgehead atoms. The number of carbonyl (C=O) groups excluding carboxylic acids is 7. The molecule has 594 valence electrons. The minimum atomic E-state index is -1.15. The Hall–Kier alpha value is -6.28. The van der Waals surface area contributed by atoms with Gasteiger partial charge in [-0.1, -0.05) is 126 Å². The Morgan fingerprint density at radius 2 is 0.927 bits per heavy atom. The van der Waals surface area contributed by atoms with E-state index in [9.17, 15) is 38.4 Å². The third kappa shape index (κ3) is 26.4. The van der Waals surface area contributed by atoms with Crippen LogP contribution in [0.2, 0.25) is 0 Å². The summed E-state index contributed by atoms with van der Waals surface area (Å²) in [6.07, 6.45) is 21.3. The van der Waals surface area contributed by atoms with Gasteiger partial charge in [-0.2, -0.15) is 9.15 Å². The zero-order valence-corrected chi connectivity index (χ0v) is 74.5. The van der Waals surface area contributed by atoms with Gasteiger partial charge in [-0.3, -0.25) is 19.2 Å². The molecule has 22 nitrogen and oxygen atoms in total. The maximum Gasteiger partial charge on any atom is 1.00 e. The fourth-order valence-electron chi connectivity index (χ4n) is 14.4. The number of hydrogen-bond acceptors (Lipinski definition) is 16. The number of rotatable bonds is 36. The molecule has 0 spiro atoms. The Morgan fingerprint density at radius 1 is 0.518 bits per heavy atom. The number of halogens is 2. The molecule has 3 amide bonds. The second-order valence-corrected chi connectivity index (χ2v) is 29.3. The number of anilines is 2. The van der Waals surface area contributed by atoms with Gasteiger partial charge in [0, 0.05) is 121 Å². The van der Waals surface area contributed by atoms with Crippen LogP contribution in [0.5, 0.6) is 0 Å². The molecule has 0 aliphatic carbocycles. The smallest absolute Gasteiger partial charge is 1.00 e. The molecule has 1 fully saturated rings. The minimum absolute atomic E-state index is 0. The van der Waals surface area contributed by atoms with E-state index in [0.717, 1.165) is 64.7 Å². The predicted molar refractivity (Wildman–Crippen MR) is 416 cm³/mol. The van der Waals surface area contributed by atoms with Crippen molar-refractivity contribution in [1.82, 2.24) is 16.0 Å². The summed E-state index contributed by atoms with van der Waals surface area (Å²) in [5.74, 6) is -3.62. The second-order valence-electron chi connectivity index (χ2n) is 29.3. The Labute approximate surface area is 727 Å². The SMILES string of the molecule is CCC(COC(=O)CCOCCC(=O)NC)NC(=O)CCCCC[N+]1=C(/C=C/C=C2/N(CC)c3ccccc3C2(C)C)C(C)(C)c2ccccc21.CCC(COC(=O)COCC(=O)O)NC(=O)CCCCC[N+]1=C(C=CC=C2N(CC)c3ccccc3C2(C)C)C(C)(C)c2ccccc21.O=C1COCC(=O)O1.[I-].[I-].[K+]. The Kier molecular flexibility index (Phi) is 40.9. The molecule has 9 rings (SSSR count). The quantitative estimate of drug-likeness (QED) is 0.00968. The average Bonchev–Trinajstić information content (AvgIpc) is 1.61. The second kappa shape index (κ2) is 46.8. The monoisotopic (exact) mass is 1770 g/mol. The number of benzene rings is 4. The first-order valence-corrected chi connectivity index (χ1v) is 38.0. The van der Waals surface area contributed by atoms with Crippen molar-refractivity contribution in [1.29, 1.82) is 0 Å². The van der Waals surface area contributed by atoms with E-state index >= 15 is 0 Å². The number of nitrogens with one attached hydrogen (secondary N) is 3. The molecule has 2 unspecified atom stereocenters. The molecule has 1 saturated heterocycles. The molecular weight excluding hydrogens is 1650 g/mol. The molecular formula is C85H115I2KN7O15+. The van der Waals surface area contributed by atoms with Crippen LogP contribution in [0.15, 0.2) is 145 Å². The van der Waals surface area contributed by atoms with Gasteiger partial charge in [-0.15, -0.1) is 0 Å². The van der Waals surface area contributed by atoms with Crippen molar-refractivity contribution < 1.29 is 180 Å². The van der Waals surface area contributed by atoms with Crippen molar-refractivity contribution >= 4 is 81.7 Å². The average molecular weight is 1770 g/mol. The van der Waals surface area contributed by atoms with E-state index in [-0.39, 0.29) is 209 Å². The number of carboxylic acids is 1. The molecule has 0 saturated carbocycles. The molecule has 25 heteroatoms. The number of para-hydroxylation sites is 4. The maximum absolute atomic E-state index is 12.8. The van der Waals surface area contributed by atoms with Crippen LogP contribution in [0.3, 0.4) is 0 Å². The standard InChI is InChI=1S/C42H58N4O5.C39H51N3O6.C4H4O4.2HI.K/c1-8-31(30-51-40(49)26-29-50-28-25-38(47)43-7)44-39(48)24-11-10-16-27-46-35-21-15-13-19-33(35)42(5,6)37(46)23-17-22-36-41(3,4)32-18-12-14-20-34(32)45(36)9-2;1-7-28(25-48-37(46)27-47-26-36(44)45)40-35(43)23-10-9-15-24-42-32-20-14-12-18-30(32)39(5,6)34(42)22-16-21-33-38(3,4)29-17-11-13-19-31(29)41(33)8-2;5-3-1-7-2-4(6)8-3;;;/h12-15,17-23,31H,8-11,16,24-30H2,1-7H3,(H-,43,44,47,48);11-14,16-22,28H,7-10,15,23-27H2,1-6H3,(H-,40,43,44,45);1-2H2;2*1H;/q;;;;;+1. The molecule has 4 aromatic carbocycles. The number of aliphatic carboxylic acids is 1. The maximum atomic E-state index is 12.8. The van der Waals surface area contributed by atoms with Crippen molar-refractivity contribution in [3.63, 3.8) is 0 Å². The van der Waals surface area contributed by atoms with Gasteiger partial charge in [0.1, 0.15) is 52.7 Å². The van der Waals surface area contributed by atoms with E-state index in [0.29, 0.717) is 25.7 Å². The predicted octanol–water partition coefficient (Wildman–Crippen LogP) is 3.38. The molecule has 2 atom stereocenters. The topological polar surface area (TPSA) is 261 Å². The summed E-state index contributed by atoms with van der Waals surface area (Å²) in [6.45, 7) is 29.7. The van der Waals surface area contributed by atoms with E-state index in [4.69, 9.17) is 24.1 Å². The van der Waals surface area contributed by atoms with Crippen LogP contribution in [-0.4, -0.2) is 171 Å². The Bertz CT molecular complexity index is 3980. The Balaban J connectivity index is 0.000000410. The minimum Gasteiger partial charge on any atom is -1.00 e. The summed E-state index contributed by atoms with van der Waals surface area (Å²) in [4.78, 5) is 96.1. The van der Waals surface area contributed by atoms with Crippen molar-refractivity contribution in [3.8, 4) is 0 Å². The van der Waals surface area contributed by atoms with Crippen LogP contribution < -0.4 is 125 Å².